The van der Waals surface area contributed by atoms with Crippen molar-refractivity contribution in [1.82, 2.24) is 4.90 Å². The van der Waals surface area contributed by atoms with Crippen LogP contribution in [0.4, 0.5) is 0 Å². The van der Waals surface area contributed by atoms with Crippen molar-refractivity contribution in [1.29, 1.82) is 0 Å². The molecule has 0 bridgehead atoms. The van der Waals surface area contributed by atoms with E-state index >= 15 is 0 Å². The largest absolute Gasteiger partial charge is 0.343 e. The van der Waals surface area contributed by atoms with E-state index < -0.39 is 0 Å². The van der Waals surface area contributed by atoms with E-state index in [-0.39, 0.29) is 0 Å². The monoisotopic (exact) mass is 361 g/mol. The van der Waals surface area contributed by atoms with Crippen LogP contribution in [0.2, 0.25) is 0 Å². The Labute approximate surface area is 166 Å². The van der Waals surface area contributed by atoms with Crippen molar-refractivity contribution in [2.24, 2.45) is 5.92 Å². The van der Waals surface area contributed by atoms with Gasteiger partial charge in [-0.05, 0) is 77.7 Å². The van der Waals surface area contributed by atoms with Gasteiger partial charge < -0.3 is 4.90 Å². The maximum Gasteiger partial charge on any atom is 0.0491 e. The molecule has 3 rings (SSSR count). The van der Waals surface area contributed by atoms with Crippen LogP contribution in [0.25, 0.3) is 5.70 Å². The molecule has 1 atom stereocenters. The van der Waals surface area contributed by atoms with Gasteiger partial charge in [-0.2, -0.15) is 0 Å². The number of nitrogens with zero attached hydrogens (tertiary/aromatic N) is 1. The summed E-state index contributed by atoms with van der Waals surface area (Å²) in [5, 5.41) is 0. The molecule has 0 N–H and O–H groups in total. The maximum absolute atomic E-state index is 4.37. The summed E-state index contributed by atoms with van der Waals surface area (Å²) < 4.78 is 0. The van der Waals surface area contributed by atoms with E-state index in [9.17, 15) is 0 Å². The van der Waals surface area contributed by atoms with E-state index in [2.05, 4.69) is 77.1 Å². The van der Waals surface area contributed by atoms with Gasteiger partial charge in [0.25, 0.3) is 0 Å². The summed E-state index contributed by atoms with van der Waals surface area (Å²) in [5.41, 5.74) is 10.7. The molecular formula is C26H35N. The lowest BCUT2D eigenvalue weighted by Crippen LogP contribution is -2.41. The van der Waals surface area contributed by atoms with E-state index in [0.717, 1.165) is 24.8 Å². The highest BCUT2D eigenvalue weighted by molar-refractivity contribution is 5.77. The molecule has 2 aliphatic rings. The fourth-order valence-electron chi connectivity index (χ4n) is 4.49. The van der Waals surface area contributed by atoms with Gasteiger partial charge in [-0.25, -0.2) is 0 Å². The first-order valence-electron chi connectivity index (χ1n) is 10.6. The molecule has 0 aromatic heterocycles. The molecule has 0 saturated heterocycles. The third-order valence-electron chi connectivity index (χ3n) is 6.05. The van der Waals surface area contributed by atoms with E-state index in [1.165, 1.54) is 51.9 Å². The number of hydrogen-bond donors (Lipinski definition) is 0. The molecule has 0 amide bonds. The van der Waals surface area contributed by atoms with Crippen LogP contribution in [-0.2, 0) is 12.8 Å². The predicted molar refractivity (Wildman–Crippen MR) is 119 cm³/mol. The van der Waals surface area contributed by atoms with Crippen LogP contribution in [0.5, 0.6) is 0 Å². The number of allylic oxidation sites excluding steroid dienone is 4. The van der Waals surface area contributed by atoms with E-state index in [1.54, 1.807) is 0 Å². The standard InChI is InChI=1S/C26H35N/c1-8-10-18(5)24-16-27-25(17(3)4)15-22-14-21(11-9-2)19(6)12-23(22)26(27)13-20(24)7/h12-14,16-17,25H,5,7-11,15H2,1-4,6H3. The molecule has 0 fully saturated rings. The molecule has 0 aliphatic carbocycles. The zero-order valence-electron chi connectivity index (χ0n) is 17.9. The van der Waals surface area contributed by atoms with Crippen molar-refractivity contribution in [2.75, 3.05) is 0 Å². The van der Waals surface area contributed by atoms with Gasteiger partial charge >= 0.3 is 0 Å². The lowest BCUT2D eigenvalue weighted by Gasteiger charge is -2.43. The molecule has 0 spiro atoms. The fourth-order valence-corrected chi connectivity index (χ4v) is 4.49. The molecule has 1 unspecified atom stereocenters. The fraction of sp³-hybridized carbons (Fsp3) is 0.462. The first-order valence-corrected chi connectivity index (χ1v) is 10.6. The Morgan fingerprint density at radius 2 is 1.96 bits per heavy atom. The Hall–Kier alpha value is -2.02. The van der Waals surface area contributed by atoms with Crippen molar-refractivity contribution in [3.63, 3.8) is 0 Å². The SMILES string of the molecule is C=C1C=C2c3cc(C)c(CCC)cc3CC(C(C)C)N2C=C1C(=C)CCC. The topological polar surface area (TPSA) is 3.24 Å². The number of fused-ring (bicyclic) bond motifs is 3. The molecule has 2 aliphatic heterocycles. The Morgan fingerprint density at radius 1 is 1.22 bits per heavy atom. The minimum absolute atomic E-state index is 0.485. The maximum atomic E-state index is 4.37. The second-order valence-electron chi connectivity index (χ2n) is 8.56. The molecule has 0 saturated carbocycles. The molecule has 0 radical (unpaired) electrons. The van der Waals surface area contributed by atoms with Crippen molar-refractivity contribution in [3.8, 4) is 0 Å². The van der Waals surface area contributed by atoms with Crippen LogP contribution in [0, 0.1) is 12.8 Å². The lowest BCUT2D eigenvalue weighted by molar-refractivity contribution is 0.284. The van der Waals surface area contributed by atoms with Crippen LogP contribution in [-0.4, -0.2) is 10.9 Å². The Bertz CT molecular complexity index is 819. The summed E-state index contributed by atoms with van der Waals surface area (Å²) >= 11 is 0. The number of hydrogen-bond acceptors (Lipinski definition) is 1. The average Bonchev–Trinajstić information content (AvgIpc) is 2.62. The van der Waals surface area contributed by atoms with E-state index in [4.69, 9.17) is 0 Å². The van der Waals surface area contributed by atoms with Crippen molar-refractivity contribution in [2.45, 2.75) is 72.8 Å². The van der Waals surface area contributed by atoms with Crippen LogP contribution < -0.4 is 0 Å². The molecule has 1 nitrogen and oxygen atoms in total. The van der Waals surface area contributed by atoms with Gasteiger partial charge in [-0.3, -0.25) is 0 Å². The van der Waals surface area contributed by atoms with Gasteiger partial charge in [0.1, 0.15) is 0 Å². The van der Waals surface area contributed by atoms with Gasteiger partial charge in [0.05, 0.1) is 0 Å². The van der Waals surface area contributed by atoms with Crippen LogP contribution in [0.1, 0.15) is 69.2 Å². The first kappa shape index (κ1) is 19.7. The summed E-state index contributed by atoms with van der Waals surface area (Å²) in [4.78, 5) is 2.51. The van der Waals surface area contributed by atoms with E-state index in [1.807, 2.05) is 0 Å². The van der Waals surface area contributed by atoms with Gasteiger partial charge in [0, 0.05) is 23.5 Å². The van der Waals surface area contributed by atoms with Gasteiger partial charge in [0.15, 0.2) is 0 Å². The highest BCUT2D eigenvalue weighted by Gasteiger charge is 2.33. The van der Waals surface area contributed by atoms with Gasteiger partial charge in [-0.1, -0.05) is 59.8 Å². The van der Waals surface area contributed by atoms with Gasteiger partial charge in [-0.15, -0.1) is 0 Å². The molecule has 1 heteroatoms. The van der Waals surface area contributed by atoms with E-state index in [0.29, 0.717) is 12.0 Å². The highest BCUT2D eigenvalue weighted by atomic mass is 15.2. The molecule has 1 aromatic carbocycles. The number of benzene rings is 1. The summed E-state index contributed by atoms with van der Waals surface area (Å²) in [7, 11) is 0. The van der Waals surface area contributed by atoms with Crippen LogP contribution in [0.3, 0.4) is 0 Å². The average molecular weight is 362 g/mol. The normalized spacial score (nSPS) is 18.8. The summed E-state index contributed by atoms with van der Waals surface area (Å²) in [6, 6.07) is 5.36. The second-order valence-corrected chi connectivity index (χ2v) is 8.56. The lowest BCUT2D eigenvalue weighted by atomic mass is 9.81. The zero-order chi connectivity index (χ0) is 19.7. The quantitative estimate of drug-likeness (QED) is 0.528. The van der Waals surface area contributed by atoms with Crippen LogP contribution >= 0.6 is 0 Å². The predicted octanol–water partition coefficient (Wildman–Crippen LogP) is 6.98. The van der Waals surface area contributed by atoms with Gasteiger partial charge in [0.2, 0.25) is 0 Å². The molecule has 27 heavy (non-hydrogen) atoms. The summed E-state index contributed by atoms with van der Waals surface area (Å²) in [6.07, 6.45) is 10.3. The smallest absolute Gasteiger partial charge is 0.0491 e. The van der Waals surface area contributed by atoms with Crippen molar-refractivity contribution >= 4 is 5.70 Å². The first-order chi connectivity index (χ1) is 12.9. The minimum atomic E-state index is 0.485. The third-order valence-corrected chi connectivity index (χ3v) is 6.05. The minimum Gasteiger partial charge on any atom is -0.343 e. The van der Waals surface area contributed by atoms with Crippen molar-refractivity contribution in [3.05, 3.63) is 76.5 Å². The summed E-state index contributed by atoms with van der Waals surface area (Å²) in [5.74, 6) is 0.584. The van der Waals surface area contributed by atoms with Crippen molar-refractivity contribution < 1.29 is 0 Å². The van der Waals surface area contributed by atoms with Crippen LogP contribution in [0.15, 0.2) is 54.3 Å². The Kier molecular flexibility index (Phi) is 5.79. The Morgan fingerprint density at radius 3 is 2.59 bits per heavy atom. The molecule has 1 aromatic rings. The highest BCUT2D eigenvalue weighted by Crippen LogP contribution is 2.42. The number of rotatable bonds is 6. The Balaban J connectivity index is 2.09. The second kappa shape index (κ2) is 7.92. The molecule has 144 valence electrons. The summed E-state index contributed by atoms with van der Waals surface area (Å²) in [6.45, 7) is 20.1. The number of aryl methyl sites for hydroxylation is 2. The molecular weight excluding hydrogens is 326 g/mol. The third kappa shape index (κ3) is 3.70. The molecule has 2 heterocycles. The zero-order valence-corrected chi connectivity index (χ0v) is 17.9.